The minimum absolute atomic E-state index is 0. The zero-order chi connectivity index (χ0) is 19.6. The van der Waals surface area contributed by atoms with Crippen molar-refractivity contribution in [3.63, 3.8) is 0 Å². The fourth-order valence-electron chi connectivity index (χ4n) is 6.81. The van der Waals surface area contributed by atoms with Crippen molar-refractivity contribution in [2.45, 2.75) is 69.7 Å². The second-order valence-electron chi connectivity index (χ2n) is 10.0. The van der Waals surface area contributed by atoms with E-state index in [4.69, 9.17) is 0 Å². The van der Waals surface area contributed by atoms with Gasteiger partial charge in [-0.05, 0) is 95.1 Å². The molecule has 0 aromatic rings. The van der Waals surface area contributed by atoms with Crippen molar-refractivity contribution in [1.82, 2.24) is 20.9 Å². The topological polar surface area (TPSA) is 73.5 Å². The molecule has 4 bridgehead atoms. The predicted molar refractivity (Wildman–Crippen MR) is 117 cm³/mol. The van der Waals surface area contributed by atoms with Crippen molar-refractivity contribution >= 4 is 24.3 Å². The van der Waals surface area contributed by atoms with E-state index in [1.54, 1.807) is 0 Å². The lowest BCUT2D eigenvalue weighted by molar-refractivity contribution is -0.132. The quantitative estimate of drug-likeness (QED) is 0.586. The Kier molecular flexibility index (Phi) is 7.71. The summed E-state index contributed by atoms with van der Waals surface area (Å²) in [6.07, 6.45) is 11.4. The Hall–Kier alpha value is -1.01. The van der Waals surface area contributed by atoms with E-state index in [-0.39, 0.29) is 29.9 Å². The number of hydrogen-bond acceptors (Lipinski definition) is 3. The Morgan fingerprint density at radius 1 is 0.966 bits per heavy atom. The van der Waals surface area contributed by atoms with Gasteiger partial charge in [0.1, 0.15) is 0 Å². The smallest absolute Gasteiger partial charge is 0.315 e. The van der Waals surface area contributed by atoms with Crippen LogP contribution in [0.25, 0.3) is 0 Å². The summed E-state index contributed by atoms with van der Waals surface area (Å²) < 4.78 is 0. The molecule has 7 heteroatoms. The van der Waals surface area contributed by atoms with Crippen molar-refractivity contribution in [3.8, 4) is 0 Å². The third-order valence-corrected chi connectivity index (χ3v) is 7.81. The Bertz CT molecular complexity index is 542. The summed E-state index contributed by atoms with van der Waals surface area (Å²) >= 11 is 0. The largest absolute Gasteiger partial charge is 0.343 e. The van der Waals surface area contributed by atoms with Crippen molar-refractivity contribution in [3.05, 3.63) is 0 Å². The van der Waals surface area contributed by atoms with Gasteiger partial charge in [-0.3, -0.25) is 4.79 Å². The summed E-state index contributed by atoms with van der Waals surface area (Å²) in [5, 5.41) is 9.49. The lowest BCUT2D eigenvalue weighted by atomic mass is 9.53. The number of amides is 3. The maximum Gasteiger partial charge on any atom is 0.315 e. The molecule has 0 radical (unpaired) electrons. The SMILES string of the molecule is CNCCC1CCN(C(=O)CCNC(=O)NC23CC4CC(CC(C4)C2)C3)CC1.Cl. The highest BCUT2D eigenvalue weighted by atomic mass is 35.5. The zero-order valence-electron chi connectivity index (χ0n) is 17.9. The number of urea groups is 1. The van der Waals surface area contributed by atoms with Crippen LogP contribution in [-0.4, -0.2) is 55.6 Å². The van der Waals surface area contributed by atoms with Crippen LogP contribution in [0.4, 0.5) is 4.79 Å². The van der Waals surface area contributed by atoms with Gasteiger partial charge < -0.3 is 20.9 Å². The fourth-order valence-corrected chi connectivity index (χ4v) is 6.81. The van der Waals surface area contributed by atoms with Crippen LogP contribution in [0.2, 0.25) is 0 Å². The van der Waals surface area contributed by atoms with Gasteiger partial charge >= 0.3 is 6.03 Å². The summed E-state index contributed by atoms with van der Waals surface area (Å²) in [6.45, 7) is 3.23. The van der Waals surface area contributed by atoms with Crippen LogP contribution < -0.4 is 16.0 Å². The van der Waals surface area contributed by atoms with Crippen molar-refractivity contribution in [2.24, 2.45) is 23.7 Å². The summed E-state index contributed by atoms with van der Waals surface area (Å²) in [5.74, 6) is 3.39. The van der Waals surface area contributed by atoms with Crippen LogP contribution in [0.1, 0.15) is 64.2 Å². The predicted octanol–water partition coefficient (Wildman–Crippen LogP) is 2.91. The van der Waals surface area contributed by atoms with Gasteiger partial charge in [-0.1, -0.05) is 0 Å². The van der Waals surface area contributed by atoms with E-state index in [2.05, 4.69) is 16.0 Å². The molecule has 1 saturated heterocycles. The number of rotatable bonds is 7. The molecule has 166 valence electrons. The van der Waals surface area contributed by atoms with E-state index in [9.17, 15) is 9.59 Å². The molecule has 3 amide bonds. The molecule has 1 heterocycles. The van der Waals surface area contributed by atoms with E-state index < -0.39 is 0 Å². The first-order valence-electron chi connectivity index (χ1n) is 11.5. The molecular formula is C22H39ClN4O2. The summed E-state index contributed by atoms with van der Waals surface area (Å²) in [7, 11) is 1.99. The number of nitrogens with one attached hydrogen (secondary N) is 3. The van der Waals surface area contributed by atoms with Gasteiger partial charge in [0, 0.05) is 31.6 Å². The van der Waals surface area contributed by atoms with Gasteiger partial charge in [0.25, 0.3) is 0 Å². The highest BCUT2D eigenvalue weighted by molar-refractivity contribution is 5.85. The van der Waals surface area contributed by atoms with E-state index in [1.165, 1.54) is 25.7 Å². The number of piperidine rings is 1. The van der Waals surface area contributed by atoms with Crippen molar-refractivity contribution in [2.75, 3.05) is 33.2 Å². The lowest BCUT2D eigenvalue weighted by Crippen LogP contribution is -2.61. The third-order valence-electron chi connectivity index (χ3n) is 7.81. The first kappa shape index (κ1) is 22.7. The third kappa shape index (κ3) is 5.57. The number of likely N-dealkylation sites (tertiary alicyclic amines) is 1. The minimum Gasteiger partial charge on any atom is -0.343 e. The molecule has 0 unspecified atom stereocenters. The summed E-state index contributed by atoms with van der Waals surface area (Å²) in [5.41, 5.74) is 0.0398. The van der Waals surface area contributed by atoms with E-state index in [1.807, 2.05) is 11.9 Å². The van der Waals surface area contributed by atoms with Crippen LogP contribution in [0, 0.1) is 23.7 Å². The summed E-state index contributed by atoms with van der Waals surface area (Å²) in [4.78, 5) is 26.9. The molecule has 3 N–H and O–H groups in total. The monoisotopic (exact) mass is 426 g/mol. The number of nitrogens with zero attached hydrogens (tertiary/aromatic N) is 1. The lowest BCUT2D eigenvalue weighted by Gasteiger charge is -2.56. The van der Waals surface area contributed by atoms with Crippen LogP contribution in [0.15, 0.2) is 0 Å². The molecule has 29 heavy (non-hydrogen) atoms. The molecule has 4 saturated carbocycles. The average molecular weight is 427 g/mol. The molecule has 1 aliphatic heterocycles. The fraction of sp³-hybridized carbons (Fsp3) is 0.909. The summed E-state index contributed by atoms with van der Waals surface area (Å²) in [6, 6.07) is -0.0690. The van der Waals surface area contributed by atoms with Gasteiger partial charge in [0.05, 0.1) is 0 Å². The van der Waals surface area contributed by atoms with E-state index >= 15 is 0 Å². The maximum atomic E-state index is 12.5. The normalized spacial score (nSPS) is 33.3. The van der Waals surface area contributed by atoms with Gasteiger partial charge in [-0.15, -0.1) is 12.4 Å². The Labute approximate surface area is 181 Å². The first-order chi connectivity index (χ1) is 13.5. The van der Waals surface area contributed by atoms with Crippen LogP contribution >= 0.6 is 12.4 Å². The minimum atomic E-state index is -0.0690. The first-order valence-corrected chi connectivity index (χ1v) is 11.5. The Morgan fingerprint density at radius 3 is 2.10 bits per heavy atom. The van der Waals surface area contributed by atoms with Crippen LogP contribution in [0.5, 0.6) is 0 Å². The number of carbonyl (C=O) groups excluding carboxylic acids is 2. The van der Waals surface area contributed by atoms with Crippen molar-refractivity contribution < 1.29 is 9.59 Å². The molecule has 5 rings (SSSR count). The van der Waals surface area contributed by atoms with E-state index in [0.29, 0.717) is 13.0 Å². The van der Waals surface area contributed by atoms with E-state index in [0.717, 1.165) is 75.4 Å². The van der Waals surface area contributed by atoms with Crippen LogP contribution in [0.3, 0.4) is 0 Å². The van der Waals surface area contributed by atoms with Gasteiger partial charge in [-0.2, -0.15) is 0 Å². The molecule has 5 fully saturated rings. The second kappa shape index (κ2) is 9.86. The molecule has 0 spiro atoms. The highest BCUT2D eigenvalue weighted by Crippen LogP contribution is 2.55. The standard InChI is InChI=1S/C22H38N4O2.ClH/c1-23-6-2-16-4-8-26(9-5-16)20(27)3-7-24-21(28)25-22-13-17-10-18(14-22)12-19(11-17)15-22;/h16-19,23H,2-15H2,1H3,(H2,24,25,28);1H. The van der Waals surface area contributed by atoms with Gasteiger partial charge in [0.15, 0.2) is 0 Å². The number of halogens is 1. The molecule has 0 aromatic heterocycles. The van der Waals surface area contributed by atoms with Crippen LogP contribution in [-0.2, 0) is 4.79 Å². The van der Waals surface area contributed by atoms with Gasteiger partial charge in [-0.25, -0.2) is 4.79 Å². The zero-order valence-corrected chi connectivity index (χ0v) is 18.7. The molecule has 5 aliphatic rings. The highest BCUT2D eigenvalue weighted by Gasteiger charge is 2.51. The number of carbonyl (C=O) groups is 2. The number of hydrogen-bond donors (Lipinski definition) is 3. The Morgan fingerprint density at radius 2 is 1.55 bits per heavy atom. The molecule has 0 aromatic carbocycles. The molecule has 4 aliphatic carbocycles. The average Bonchev–Trinajstić information content (AvgIpc) is 2.65. The molecule has 6 nitrogen and oxygen atoms in total. The Balaban J connectivity index is 0.00000240. The molecule has 0 atom stereocenters. The van der Waals surface area contributed by atoms with Gasteiger partial charge in [0.2, 0.25) is 5.91 Å². The second-order valence-corrected chi connectivity index (χ2v) is 10.0. The molecular weight excluding hydrogens is 388 g/mol. The van der Waals surface area contributed by atoms with Crippen molar-refractivity contribution in [1.29, 1.82) is 0 Å². The maximum absolute atomic E-state index is 12.5.